The van der Waals surface area contributed by atoms with Crippen LogP contribution in [0.5, 0.6) is 0 Å². The minimum absolute atomic E-state index is 0.0954. The lowest BCUT2D eigenvalue weighted by Crippen LogP contribution is -2.40. The summed E-state index contributed by atoms with van der Waals surface area (Å²) in [5.74, 6) is 0.335. The Morgan fingerprint density at radius 2 is 2.43 bits per heavy atom. The van der Waals surface area contributed by atoms with Gasteiger partial charge < -0.3 is 16.0 Å². The summed E-state index contributed by atoms with van der Waals surface area (Å²) >= 11 is 0. The zero-order chi connectivity index (χ0) is 10.6. The number of likely N-dealkylation sites (tertiary alicyclic amines) is 1. The van der Waals surface area contributed by atoms with Gasteiger partial charge in [0, 0.05) is 19.1 Å². The van der Waals surface area contributed by atoms with Crippen molar-refractivity contribution in [2.75, 3.05) is 26.7 Å². The van der Waals surface area contributed by atoms with Crippen LogP contribution in [0.25, 0.3) is 0 Å². The van der Waals surface area contributed by atoms with Gasteiger partial charge >= 0.3 is 0 Å². The van der Waals surface area contributed by atoms with Gasteiger partial charge in [-0.15, -0.1) is 0 Å². The van der Waals surface area contributed by atoms with Crippen molar-refractivity contribution in [3.63, 3.8) is 0 Å². The van der Waals surface area contributed by atoms with Crippen LogP contribution in [0.1, 0.15) is 19.8 Å². The number of amides is 1. The maximum atomic E-state index is 11.6. The maximum Gasteiger partial charge on any atom is 0.224 e. The Bertz CT molecular complexity index is 196. The zero-order valence-corrected chi connectivity index (χ0v) is 9.12. The van der Waals surface area contributed by atoms with Crippen LogP contribution in [-0.4, -0.2) is 43.5 Å². The lowest BCUT2D eigenvalue weighted by atomic mass is 10.1. The molecular formula is C10H21N3O. The Hall–Kier alpha value is -0.610. The molecule has 14 heavy (non-hydrogen) atoms. The van der Waals surface area contributed by atoms with Crippen molar-refractivity contribution in [3.8, 4) is 0 Å². The standard InChI is InChI=1S/C10H21N3O/c1-3-9(11)6-12-10(14)8-4-5-13(2)7-8/h8-9H,3-7,11H2,1-2H3,(H,12,14). The molecule has 0 aromatic heterocycles. The van der Waals surface area contributed by atoms with Crippen LogP contribution < -0.4 is 11.1 Å². The normalized spacial score (nSPS) is 24.9. The second-order valence-electron chi connectivity index (χ2n) is 4.16. The van der Waals surface area contributed by atoms with Crippen molar-refractivity contribution in [1.29, 1.82) is 0 Å². The summed E-state index contributed by atoms with van der Waals surface area (Å²) in [6.07, 6.45) is 1.88. The first-order valence-corrected chi connectivity index (χ1v) is 5.35. The monoisotopic (exact) mass is 199 g/mol. The Balaban J connectivity index is 2.22. The van der Waals surface area contributed by atoms with Crippen LogP contribution in [0, 0.1) is 5.92 Å². The van der Waals surface area contributed by atoms with E-state index in [4.69, 9.17) is 5.73 Å². The van der Waals surface area contributed by atoms with E-state index >= 15 is 0 Å². The van der Waals surface area contributed by atoms with E-state index in [0.29, 0.717) is 6.54 Å². The summed E-state index contributed by atoms with van der Waals surface area (Å²) in [5.41, 5.74) is 5.72. The first-order valence-electron chi connectivity index (χ1n) is 5.35. The molecule has 0 aromatic rings. The van der Waals surface area contributed by atoms with Crippen LogP contribution in [0.3, 0.4) is 0 Å². The van der Waals surface area contributed by atoms with Gasteiger partial charge in [-0.25, -0.2) is 0 Å². The molecule has 0 saturated carbocycles. The van der Waals surface area contributed by atoms with E-state index in [9.17, 15) is 4.79 Å². The predicted molar refractivity (Wildman–Crippen MR) is 56.9 cm³/mol. The molecule has 1 rings (SSSR count). The summed E-state index contributed by atoms with van der Waals surface area (Å²) in [5, 5.41) is 2.91. The molecule has 0 aromatic carbocycles. The highest BCUT2D eigenvalue weighted by molar-refractivity contribution is 5.79. The van der Waals surface area contributed by atoms with Crippen molar-refractivity contribution >= 4 is 5.91 Å². The average molecular weight is 199 g/mol. The number of nitrogens with one attached hydrogen (secondary N) is 1. The number of nitrogens with zero attached hydrogens (tertiary/aromatic N) is 1. The molecule has 1 heterocycles. The average Bonchev–Trinajstić information content (AvgIpc) is 2.60. The van der Waals surface area contributed by atoms with Crippen LogP contribution in [0.2, 0.25) is 0 Å². The van der Waals surface area contributed by atoms with Gasteiger partial charge in [0.2, 0.25) is 5.91 Å². The topological polar surface area (TPSA) is 58.4 Å². The number of rotatable bonds is 4. The van der Waals surface area contributed by atoms with E-state index in [1.807, 2.05) is 14.0 Å². The summed E-state index contributed by atoms with van der Waals surface area (Å²) in [4.78, 5) is 13.8. The van der Waals surface area contributed by atoms with E-state index in [1.165, 1.54) is 0 Å². The molecule has 82 valence electrons. The largest absolute Gasteiger partial charge is 0.354 e. The minimum Gasteiger partial charge on any atom is -0.354 e. The van der Waals surface area contributed by atoms with E-state index in [-0.39, 0.29) is 17.9 Å². The van der Waals surface area contributed by atoms with Gasteiger partial charge in [-0.3, -0.25) is 4.79 Å². The summed E-state index contributed by atoms with van der Waals surface area (Å²) < 4.78 is 0. The first-order chi connectivity index (χ1) is 6.63. The minimum atomic E-state index is 0.0954. The predicted octanol–water partition coefficient (Wildman–Crippen LogP) is -0.208. The number of hydrogen-bond donors (Lipinski definition) is 2. The molecule has 3 N–H and O–H groups in total. The highest BCUT2D eigenvalue weighted by atomic mass is 16.1. The fraction of sp³-hybridized carbons (Fsp3) is 0.900. The van der Waals surface area contributed by atoms with Crippen LogP contribution in [0.15, 0.2) is 0 Å². The summed E-state index contributed by atoms with van der Waals surface area (Å²) in [6, 6.07) is 0.0954. The SMILES string of the molecule is CCC(N)CNC(=O)C1CCN(C)C1. The Labute approximate surface area is 85.8 Å². The van der Waals surface area contributed by atoms with Gasteiger partial charge in [-0.05, 0) is 26.4 Å². The zero-order valence-electron chi connectivity index (χ0n) is 9.12. The van der Waals surface area contributed by atoms with Gasteiger partial charge in [0.05, 0.1) is 5.92 Å². The van der Waals surface area contributed by atoms with Crippen molar-refractivity contribution < 1.29 is 4.79 Å². The third kappa shape index (κ3) is 3.27. The molecule has 1 aliphatic heterocycles. The third-order valence-electron chi connectivity index (χ3n) is 2.82. The highest BCUT2D eigenvalue weighted by Gasteiger charge is 2.25. The molecule has 1 fully saturated rings. The molecule has 0 bridgehead atoms. The Kier molecular flexibility index (Phi) is 4.35. The second kappa shape index (κ2) is 5.32. The van der Waals surface area contributed by atoms with Crippen molar-refractivity contribution in [3.05, 3.63) is 0 Å². The molecule has 1 amide bonds. The molecule has 2 unspecified atom stereocenters. The number of hydrogen-bond acceptors (Lipinski definition) is 3. The van der Waals surface area contributed by atoms with Crippen molar-refractivity contribution in [2.24, 2.45) is 11.7 Å². The van der Waals surface area contributed by atoms with Gasteiger partial charge in [0.15, 0.2) is 0 Å². The Morgan fingerprint density at radius 3 is 2.93 bits per heavy atom. The van der Waals surface area contributed by atoms with Gasteiger partial charge in [-0.1, -0.05) is 6.92 Å². The summed E-state index contributed by atoms with van der Waals surface area (Å²) in [6.45, 7) is 4.54. The quantitative estimate of drug-likeness (QED) is 0.659. The van der Waals surface area contributed by atoms with E-state index in [2.05, 4.69) is 10.2 Å². The van der Waals surface area contributed by atoms with Crippen LogP contribution in [0.4, 0.5) is 0 Å². The molecule has 4 nitrogen and oxygen atoms in total. The molecule has 1 aliphatic rings. The van der Waals surface area contributed by atoms with Crippen LogP contribution in [-0.2, 0) is 4.79 Å². The lowest BCUT2D eigenvalue weighted by Gasteiger charge is -2.14. The molecular weight excluding hydrogens is 178 g/mol. The highest BCUT2D eigenvalue weighted by Crippen LogP contribution is 2.13. The van der Waals surface area contributed by atoms with Gasteiger partial charge in [-0.2, -0.15) is 0 Å². The fourth-order valence-electron chi connectivity index (χ4n) is 1.67. The first kappa shape index (κ1) is 11.5. The molecule has 0 radical (unpaired) electrons. The second-order valence-corrected chi connectivity index (χ2v) is 4.16. The van der Waals surface area contributed by atoms with E-state index < -0.39 is 0 Å². The van der Waals surface area contributed by atoms with Crippen molar-refractivity contribution in [2.45, 2.75) is 25.8 Å². The van der Waals surface area contributed by atoms with E-state index in [0.717, 1.165) is 25.9 Å². The summed E-state index contributed by atoms with van der Waals surface area (Å²) in [7, 11) is 2.05. The fourth-order valence-corrected chi connectivity index (χ4v) is 1.67. The Morgan fingerprint density at radius 1 is 1.71 bits per heavy atom. The number of nitrogens with two attached hydrogens (primary N) is 1. The lowest BCUT2D eigenvalue weighted by molar-refractivity contribution is -0.124. The molecule has 1 saturated heterocycles. The third-order valence-corrected chi connectivity index (χ3v) is 2.82. The number of carbonyl (C=O) groups excluding carboxylic acids is 1. The van der Waals surface area contributed by atoms with Gasteiger partial charge in [0.25, 0.3) is 0 Å². The molecule has 2 atom stereocenters. The van der Waals surface area contributed by atoms with E-state index in [1.54, 1.807) is 0 Å². The number of carbonyl (C=O) groups is 1. The van der Waals surface area contributed by atoms with Crippen molar-refractivity contribution in [1.82, 2.24) is 10.2 Å². The smallest absolute Gasteiger partial charge is 0.224 e. The molecule has 0 aliphatic carbocycles. The van der Waals surface area contributed by atoms with Crippen LogP contribution >= 0.6 is 0 Å². The maximum absolute atomic E-state index is 11.6. The molecule has 4 heteroatoms. The van der Waals surface area contributed by atoms with Gasteiger partial charge in [0.1, 0.15) is 0 Å². The molecule has 0 spiro atoms.